The zero-order valence-electron chi connectivity index (χ0n) is 28.9. The smallest absolute Gasteiger partial charge is 0.137 e. The molecule has 11 rings (SSSR count). The van der Waals surface area contributed by atoms with E-state index in [-0.39, 0.29) is 5.41 Å². The van der Waals surface area contributed by atoms with E-state index in [1.807, 2.05) is 11.3 Å². The lowest BCUT2D eigenvalue weighted by Gasteiger charge is -2.28. The molecule has 0 amide bonds. The van der Waals surface area contributed by atoms with E-state index in [1.165, 1.54) is 64.3 Å². The van der Waals surface area contributed by atoms with Gasteiger partial charge in [-0.2, -0.15) is 0 Å². The quantitative estimate of drug-likeness (QED) is 0.184. The van der Waals surface area contributed by atoms with Gasteiger partial charge in [-0.25, -0.2) is 0 Å². The molecule has 0 aliphatic heterocycles. The van der Waals surface area contributed by atoms with Gasteiger partial charge in [0.15, 0.2) is 0 Å². The Kier molecular flexibility index (Phi) is 6.21. The van der Waals surface area contributed by atoms with Gasteiger partial charge >= 0.3 is 0 Å². The minimum Gasteiger partial charge on any atom is -0.456 e. The van der Waals surface area contributed by atoms with Crippen LogP contribution in [0.25, 0.3) is 75.1 Å². The number of nitrogens with zero attached hydrogens (tertiary/aromatic N) is 1. The van der Waals surface area contributed by atoms with Crippen LogP contribution in [0.1, 0.15) is 25.0 Å². The fourth-order valence-electron chi connectivity index (χ4n) is 8.76. The largest absolute Gasteiger partial charge is 0.456 e. The summed E-state index contributed by atoms with van der Waals surface area (Å²) in [5, 5.41) is 7.29. The molecule has 0 radical (unpaired) electrons. The highest BCUT2D eigenvalue weighted by molar-refractivity contribution is 7.25. The summed E-state index contributed by atoms with van der Waals surface area (Å²) < 4.78 is 9.43. The van der Waals surface area contributed by atoms with Crippen LogP contribution < -0.4 is 4.90 Å². The fourth-order valence-corrected chi connectivity index (χ4v) is 9.84. The van der Waals surface area contributed by atoms with Crippen molar-refractivity contribution >= 4 is 81.3 Å². The lowest BCUT2D eigenvalue weighted by atomic mass is 9.82. The molecule has 1 aliphatic rings. The first kappa shape index (κ1) is 29.6. The van der Waals surface area contributed by atoms with E-state index in [2.05, 4.69) is 183 Å². The predicted octanol–water partition coefficient (Wildman–Crippen LogP) is 14.6. The summed E-state index contributed by atoms with van der Waals surface area (Å²) in [7, 11) is 0. The zero-order valence-corrected chi connectivity index (χ0v) is 29.7. The van der Waals surface area contributed by atoms with Crippen LogP contribution in [0.2, 0.25) is 0 Å². The van der Waals surface area contributed by atoms with Crippen LogP contribution in [-0.2, 0) is 5.41 Å². The molecule has 3 heteroatoms. The molecule has 8 aromatic carbocycles. The van der Waals surface area contributed by atoms with E-state index in [1.54, 1.807) is 0 Å². The number of furan rings is 1. The van der Waals surface area contributed by atoms with Crippen molar-refractivity contribution < 1.29 is 4.42 Å². The number of benzene rings is 8. The van der Waals surface area contributed by atoms with Gasteiger partial charge < -0.3 is 9.32 Å². The maximum absolute atomic E-state index is 6.83. The van der Waals surface area contributed by atoms with Gasteiger partial charge in [0, 0.05) is 59.5 Å². The third-order valence-corrected chi connectivity index (χ3v) is 12.4. The Morgan fingerprint density at radius 1 is 0.442 bits per heavy atom. The van der Waals surface area contributed by atoms with Gasteiger partial charge in [0.1, 0.15) is 11.2 Å². The molecule has 0 unspecified atom stereocenters. The van der Waals surface area contributed by atoms with E-state index in [4.69, 9.17) is 4.42 Å². The molecule has 246 valence electrons. The molecule has 1 aliphatic carbocycles. The van der Waals surface area contributed by atoms with E-state index < -0.39 is 0 Å². The lowest BCUT2D eigenvalue weighted by molar-refractivity contribution is 0.660. The normalized spacial score (nSPS) is 13.3. The Morgan fingerprint density at radius 3 is 1.98 bits per heavy atom. The van der Waals surface area contributed by atoms with Crippen molar-refractivity contribution in [3.8, 4) is 22.3 Å². The average molecular weight is 684 g/mol. The highest BCUT2D eigenvalue weighted by atomic mass is 32.1. The van der Waals surface area contributed by atoms with Crippen molar-refractivity contribution in [2.75, 3.05) is 4.90 Å². The van der Waals surface area contributed by atoms with Crippen LogP contribution in [-0.4, -0.2) is 0 Å². The zero-order chi connectivity index (χ0) is 34.6. The van der Waals surface area contributed by atoms with Crippen LogP contribution in [0, 0.1) is 0 Å². The topological polar surface area (TPSA) is 16.4 Å². The fraction of sp³-hybridized carbons (Fsp3) is 0.0612. The molecule has 0 fully saturated rings. The van der Waals surface area contributed by atoms with Gasteiger partial charge in [0.05, 0.1) is 0 Å². The summed E-state index contributed by atoms with van der Waals surface area (Å²) in [6.07, 6.45) is 0. The predicted molar refractivity (Wildman–Crippen MR) is 222 cm³/mol. The third-order valence-electron chi connectivity index (χ3n) is 11.2. The maximum atomic E-state index is 6.83. The summed E-state index contributed by atoms with van der Waals surface area (Å²) in [6.45, 7) is 4.70. The number of thiophene rings is 1. The van der Waals surface area contributed by atoms with Gasteiger partial charge in [-0.05, 0) is 98.8 Å². The van der Waals surface area contributed by atoms with Crippen molar-refractivity contribution in [1.82, 2.24) is 0 Å². The second-order valence-electron chi connectivity index (χ2n) is 14.5. The van der Waals surface area contributed by atoms with Gasteiger partial charge in [-0.1, -0.05) is 117 Å². The van der Waals surface area contributed by atoms with Crippen molar-refractivity contribution in [3.63, 3.8) is 0 Å². The van der Waals surface area contributed by atoms with Crippen molar-refractivity contribution in [3.05, 3.63) is 175 Å². The van der Waals surface area contributed by atoms with E-state index in [9.17, 15) is 0 Å². The summed E-state index contributed by atoms with van der Waals surface area (Å²) in [6, 6.07) is 59.8. The van der Waals surface area contributed by atoms with Crippen LogP contribution in [0.3, 0.4) is 0 Å². The average Bonchev–Trinajstić information content (AvgIpc) is 3.82. The van der Waals surface area contributed by atoms with E-state index in [0.29, 0.717) is 0 Å². The lowest BCUT2D eigenvalue weighted by Crippen LogP contribution is -2.16. The van der Waals surface area contributed by atoms with Crippen LogP contribution in [0.4, 0.5) is 17.1 Å². The Morgan fingerprint density at radius 2 is 1.10 bits per heavy atom. The number of anilines is 3. The molecule has 2 aromatic heterocycles. The molecule has 10 aromatic rings. The minimum atomic E-state index is -0.110. The van der Waals surface area contributed by atoms with E-state index >= 15 is 0 Å². The second-order valence-corrected chi connectivity index (χ2v) is 15.6. The minimum absolute atomic E-state index is 0.110. The van der Waals surface area contributed by atoms with Crippen LogP contribution in [0.15, 0.2) is 168 Å². The van der Waals surface area contributed by atoms with Crippen molar-refractivity contribution in [1.29, 1.82) is 0 Å². The summed E-state index contributed by atoms with van der Waals surface area (Å²) in [5.41, 5.74) is 12.7. The Balaban J connectivity index is 1.14. The van der Waals surface area contributed by atoms with Crippen molar-refractivity contribution in [2.24, 2.45) is 0 Å². The summed E-state index contributed by atoms with van der Waals surface area (Å²) in [5.74, 6) is 0. The van der Waals surface area contributed by atoms with Crippen LogP contribution >= 0.6 is 11.3 Å². The molecule has 0 spiro atoms. The molecule has 0 saturated carbocycles. The van der Waals surface area contributed by atoms with Gasteiger partial charge in [0.2, 0.25) is 0 Å². The molecule has 0 bridgehead atoms. The molecule has 0 saturated heterocycles. The molecular weight excluding hydrogens is 651 g/mol. The van der Waals surface area contributed by atoms with Gasteiger partial charge in [0.25, 0.3) is 0 Å². The molecule has 52 heavy (non-hydrogen) atoms. The molecule has 2 heterocycles. The number of hydrogen-bond acceptors (Lipinski definition) is 3. The Bertz CT molecular complexity index is 3060. The molecule has 2 nitrogen and oxygen atoms in total. The van der Waals surface area contributed by atoms with Crippen molar-refractivity contribution in [2.45, 2.75) is 19.3 Å². The number of hydrogen-bond donors (Lipinski definition) is 0. The first-order valence-electron chi connectivity index (χ1n) is 17.9. The first-order chi connectivity index (χ1) is 25.5. The standard InChI is InChI=1S/C49H33NOS/c1-49(2)42-18-10-8-15-35(42)36-23-20-32(27-43(36)49)50(31-22-25-47-41(26-31)37-16-9-11-19-46(37)52-47)33-21-24-39-44(28-33)51-45-29-40(30-12-4-3-5-13-30)34-14-6-7-17-38(34)48(39)45/h3-29H,1-2H3. The number of rotatable bonds is 4. The third kappa shape index (κ3) is 4.23. The molecule has 0 atom stereocenters. The summed E-state index contributed by atoms with van der Waals surface area (Å²) >= 11 is 1.85. The van der Waals surface area contributed by atoms with Gasteiger partial charge in [-0.3, -0.25) is 0 Å². The highest BCUT2D eigenvalue weighted by Crippen LogP contribution is 2.51. The summed E-state index contributed by atoms with van der Waals surface area (Å²) in [4.78, 5) is 2.41. The molecular formula is C49H33NOS. The second kappa shape index (κ2) is 10.9. The maximum Gasteiger partial charge on any atom is 0.137 e. The highest BCUT2D eigenvalue weighted by Gasteiger charge is 2.35. The monoisotopic (exact) mass is 683 g/mol. The van der Waals surface area contributed by atoms with E-state index in [0.717, 1.165) is 39.0 Å². The Hall–Kier alpha value is -6.16. The Labute approximate surface area is 305 Å². The van der Waals surface area contributed by atoms with Crippen LogP contribution in [0.5, 0.6) is 0 Å². The molecule has 0 N–H and O–H groups in total. The first-order valence-corrected chi connectivity index (χ1v) is 18.7. The van der Waals surface area contributed by atoms with Gasteiger partial charge in [-0.15, -0.1) is 11.3 Å². The number of fused-ring (bicyclic) bond motifs is 11. The SMILES string of the molecule is CC1(C)c2ccccc2-c2ccc(N(c3ccc4c(c3)oc3cc(-c5ccccc5)c5ccccc5c34)c3ccc4sc5ccccc5c4c3)cc21.